The molecule has 0 amide bonds. The molecule has 0 spiro atoms. The van der Waals surface area contributed by atoms with Crippen LogP contribution in [0.5, 0.6) is 0 Å². The maximum atomic E-state index is 12.4. The predicted octanol–water partition coefficient (Wildman–Crippen LogP) is 3.92. The zero-order valence-electron chi connectivity index (χ0n) is 14.4. The molecule has 0 fully saturated rings. The third kappa shape index (κ3) is 14.9. The van der Waals surface area contributed by atoms with Crippen molar-refractivity contribution in [3.63, 3.8) is 0 Å². The first-order chi connectivity index (χ1) is 12.7. The van der Waals surface area contributed by atoms with E-state index in [1.54, 1.807) is 0 Å². The summed E-state index contributed by atoms with van der Waals surface area (Å²) < 4.78 is 97.1. The molecule has 0 aromatic heterocycles. The SMILES string of the molecule is CC=COC(C#COC=CCCOCCF)(OCC(F)F)OCC(F)(F)F. The summed E-state index contributed by atoms with van der Waals surface area (Å²) in [4.78, 5) is 0. The molecule has 11 heteroatoms. The Balaban J connectivity index is 4.95. The Hall–Kier alpha value is -1.90. The molecule has 1 atom stereocenters. The normalized spacial score (nSPS) is 14.4. The summed E-state index contributed by atoms with van der Waals surface area (Å²) in [6.07, 6.45) is -0.837. The van der Waals surface area contributed by atoms with Gasteiger partial charge in [0.2, 0.25) is 0 Å². The maximum absolute atomic E-state index is 12.4. The highest BCUT2D eigenvalue weighted by molar-refractivity contribution is 5.04. The Bertz CT molecular complexity index is 498. The van der Waals surface area contributed by atoms with E-state index in [9.17, 15) is 26.3 Å². The van der Waals surface area contributed by atoms with Crippen LogP contribution in [0.1, 0.15) is 13.3 Å². The Morgan fingerprint density at radius 3 is 2.41 bits per heavy atom. The quantitative estimate of drug-likeness (QED) is 0.153. The van der Waals surface area contributed by atoms with E-state index in [-0.39, 0.29) is 13.2 Å². The van der Waals surface area contributed by atoms with Crippen LogP contribution in [0.4, 0.5) is 26.3 Å². The molecule has 1 unspecified atom stereocenters. The number of hydrogen-bond acceptors (Lipinski definition) is 5. The minimum absolute atomic E-state index is 0.0443. The van der Waals surface area contributed by atoms with Crippen molar-refractivity contribution in [3.05, 3.63) is 24.7 Å². The van der Waals surface area contributed by atoms with Gasteiger partial charge in [-0.05, 0) is 19.4 Å². The topological polar surface area (TPSA) is 46.2 Å². The van der Waals surface area contributed by atoms with Gasteiger partial charge in [-0.1, -0.05) is 6.08 Å². The van der Waals surface area contributed by atoms with Crippen molar-refractivity contribution in [2.75, 3.05) is 33.1 Å². The molecule has 0 rings (SSSR count). The predicted molar refractivity (Wildman–Crippen MR) is 82.0 cm³/mol. The highest BCUT2D eigenvalue weighted by Gasteiger charge is 2.40. The van der Waals surface area contributed by atoms with E-state index in [0.717, 1.165) is 12.5 Å². The lowest BCUT2D eigenvalue weighted by Gasteiger charge is -2.27. The van der Waals surface area contributed by atoms with Crippen LogP contribution >= 0.6 is 0 Å². The smallest absolute Gasteiger partial charge is 0.412 e. The Labute approximate surface area is 152 Å². The molecule has 0 aromatic rings. The van der Waals surface area contributed by atoms with E-state index in [2.05, 4.69) is 9.47 Å². The highest BCUT2D eigenvalue weighted by Crippen LogP contribution is 2.23. The van der Waals surface area contributed by atoms with E-state index in [1.807, 2.05) is 12.0 Å². The summed E-state index contributed by atoms with van der Waals surface area (Å²) in [5, 5.41) is 0. The largest absolute Gasteiger partial charge is 0.437 e. The zero-order valence-corrected chi connectivity index (χ0v) is 14.4. The van der Waals surface area contributed by atoms with Gasteiger partial charge in [-0.25, -0.2) is 13.2 Å². The monoisotopic (exact) mass is 406 g/mol. The van der Waals surface area contributed by atoms with Crippen LogP contribution in [0.25, 0.3) is 0 Å². The Kier molecular flexibility index (Phi) is 13.2. The van der Waals surface area contributed by atoms with E-state index in [1.165, 1.54) is 19.1 Å². The van der Waals surface area contributed by atoms with Gasteiger partial charge in [-0.15, -0.1) is 0 Å². The molecule has 5 nitrogen and oxygen atoms in total. The van der Waals surface area contributed by atoms with Crippen LogP contribution in [-0.2, 0) is 23.7 Å². The van der Waals surface area contributed by atoms with Crippen LogP contribution < -0.4 is 0 Å². The fraction of sp³-hybridized carbons (Fsp3) is 0.625. The van der Waals surface area contributed by atoms with Gasteiger partial charge in [-0.2, -0.15) is 13.2 Å². The molecule has 0 aliphatic carbocycles. The summed E-state index contributed by atoms with van der Waals surface area (Å²) >= 11 is 0. The minimum atomic E-state index is -4.78. The Morgan fingerprint density at radius 1 is 1.07 bits per heavy atom. The van der Waals surface area contributed by atoms with Crippen molar-refractivity contribution in [2.24, 2.45) is 0 Å². The van der Waals surface area contributed by atoms with Gasteiger partial charge < -0.3 is 18.9 Å². The third-order valence-corrected chi connectivity index (χ3v) is 2.26. The summed E-state index contributed by atoms with van der Waals surface area (Å²) in [6.45, 7) is -2.12. The van der Waals surface area contributed by atoms with Gasteiger partial charge in [0.15, 0.2) is 6.61 Å². The third-order valence-electron chi connectivity index (χ3n) is 2.26. The fourth-order valence-electron chi connectivity index (χ4n) is 1.27. The van der Waals surface area contributed by atoms with Gasteiger partial charge >= 0.3 is 12.1 Å². The van der Waals surface area contributed by atoms with Crippen LogP contribution in [0.3, 0.4) is 0 Å². The maximum Gasteiger partial charge on any atom is 0.412 e. The number of ether oxygens (including phenoxy) is 5. The molecule has 0 saturated heterocycles. The second-order valence-electron chi connectivity index (χ2n) is 4.56. The first kappa shape index (κ1) is 25.1. The summed E-state index contributed by atoms with van der Waals surface area (Å²) in [5.74, 6) is -0.788. The lowest BCUT2D eigenvalue weighted by atomic mass is 10.4. The second-order valence-corrected chi connectivity index (χ2v) is 4.56. The molecule has 0 aliphatic rings. The van der Waals surface area contributed by atoms with Crippen LogP contribution in [-0.4, -0.2) is 51.7 Å². The van der Waals surface area contributed by atoms with Crippen LogP contribution in [0, 0.1) is 12.0 Å². The van der Waals surface area contributed by atoms with Gasteiger partial charge in [0.05, 0.1) is 31.7 Å². The molecular weight excluding hydrogens is 386 g/mol. The molecule has 0 radical (unpaired) electrons. The molecule has 156 valence electrons. The Morgan fingerprint density at radius 2 is 1.81 bits per heavy atom. The van der Waals surface area contributed by atoms with E-state index in [0.29, 0.717) is 6.42 Å². The lowest BCUT2D eigenvalue weighted by molar-refractivity contribution is -0.353. The van der Waals surface area contributed by atoms with Crippen LogP contribution in [0.2, 0.25) is 0 Å². The summed E-state index contributed by atoms with van der Waals surface area (Å²) in [7, 11) is 0. The van der Waals surface area contributed by atoms with Gasteiger partial charge in [0.25, 0.3) is 6.43 Å². The molecule has 0 saturated carbocycles. The standard InChI is InChI=1S/C16H20F6O5/c1-2-7-25-16(26-12-14(18)19,27-13-15(20,21)22)5-10-23-8-3-4-9-24-11-6-17/h2-3,7-8,14H,4,6,9,11-13H2,1H3. The molecule has 0 N–H and O–H groups in total. The molecular formula is C16H20F6O5. The van der Waals surface area contributed by atoms with Gasteiger partial charge in [-0.3, -0.25) is 4.74 Å². The fourth-order valence-corrected chi connectivity index (χ4v) is 1.27. The number of rotatable bonds is 13. The van der Waals surface area contributed by atoms with Crippen molar-refractivity contribution in [1.82, 2.24) is 0 Å². The average molecular weight is 406 g/mol. The van der Waals surface area contributed by atoms with Crippen molar-refractivity contribution in [3.8, 4) is 12.0 Å². The van der Waals surface area contributed by atoms with E-state index < -0.39 is 38.5 Å². The average Bonchev–Trinajstić information content (AvgIpc) is 2.60. The van der Waals surface area contributed by atoms with E-state index >= 15 is 0 Å². The van der Waals surface area contributed by atoms with Crippen molar-refractivity contribution in [2.45, 2.75) is 31.9 Å². The number of alkyl halides is 6. The number of allylic oxidation sites excluding steroid dienone is 1. The van der Waals surface area contributed by atoms with E-state index in [4.69, 9.17) is 14.2 Å². The number of halogens is 6. The minimum Gasteiger partial charge on any atom is -0.437 e. The summed E-state index contributed by atoms with van der Waals surface area (Å²) in [5.41, 5.74) is 0. The highest BCUT2D eigenvalue weighted by atomic mass is 19.4. The first-order valence-electron chi connectivity index (χ1n) is 7.63. The first-order valence-corrected chi connectivity index (χ1v) is 7.63. The van der Waals surface area contributed by atoms with Crippen molar-refractivity contribution >= 4 is 0 Å². The molecule has 0 aromatic carbocycles. The number of hydrogen-bond donors (Lipinski definition) is 0. The van der Waals surface area contributed by atoms with Gasteiger partial charge in [0.1, 0.15) is 19.4 Å². The molecule has 0 aliphatic heterocycles. The molecule has 0 heterocycles. The lowest BCUT2D eigenvalue weighted by Crippen LogP contribution is -2.40. The summed E-state index contributed by atoms with van der Waals surface area (Å²) in [6, 6.07) is 0. The molecule has 0 bridgehead atoms. The van der Waals surface area contributed by atoms with Crippen molar-refractivity contribution < 1.29 is 50.0 Å². The van der Waals surface area contributed by atoms with Gasteiger partial charge in [0, 0.05) is 0 Å². The van der Waals surface area contributed by atoms with Crippen LogP contribution in [0.15, 0.2) is 24.7 Å². The van der Waals surface area contributed by atoms with Crippen molar-refractivity contribution in [1.29, 1.82) is 0 Å². The second kappa shape index (κ2) is 14.2. The zero-order chi connectivity index (χ0) is 20.6. The molecule has 27 heavy (non-hydrogen) atoms.